The molecule has 0 aromatic carbocycles. The third kappa shape index (κ3) is 4.29. The predicted molar refractivity (Wildman–Crippen MR) is 110 cm³/mol. The Labute approximate surface area is 169 Å². The molecule has 0 spiro atoms. The summed E-state index contributed by atoms with van der Waals surface area (Å²) in [6, 6.07) is 0. The van der Waals surface area contributed by atoms with Gasteiger partial charge < -0.3 is 19.5 Å². The average molecular weight is 390 g/mol. The van der Waals surface area contributed by atoms with Crippen molar-refractivity contribution in [3.05, 3.63) is 48.8 Å². The Balaban J connectivity index is 1.44. The third-order valence-electron chi connectivity index (χ3n) is 4.85. The van der Waals surface area contributed by atoms with Crippen LogP contribution < -0.4 is 4.90 Å². The molecule has 2 aromatic heterocycles. The van der Waals surface area contributed by atoms with Crippen molar-refractivity contribution >= 4 is 22.9 Å². The van der Waals surface area contributed by atoms with Gasteiger partial charge in [-0.15, -0.1) is 0 Å². The van der Waals surface area contributed by atoms with Crippen LogP contribution in [0.15, 0.2) is 43.0 Å². The summed E-state index contributed by atoms with van der Waals surface area (Å²) < 4.78 is 5.66. The molecule has 1 aliphatic heterocycles. The molecule has 148 valence electrons. The quantitative estimate of drug-likeness (QED) is 0.633. The summed E-state index contributed by atoms with van der Waals surface area (Å²) in [5.74, 6) is 8.20. The summed E-state index contributed by atoms with van der Waals surface area (Å²) in [7, 11) is 0. The van der Waals surface area contributed by atoms with Gasteiger partial charge in [0, 0.05) is 32.6 Å². The van der Waals surface area contributed by atoms with Gasteiger partial charge in [0.25, 0.3) is 0 Å². The number of allylic oxidation sites excluding steroid dienone is 4. The number of aromatic nitrogens is 4. The Morgan fingerprint density at radius 1 is 1.31 bits per heavy atom. The molecule has 2 aromatic rings. The fourth-order valence-electron chi connectivity index (χ4n) is 3.33. The average Bonchev–Trinajstić information content (AvgIpc) is 3.20. The molecule has 1 saturated heterocycles. The van der Waals surface area contributed by atoms with E-state index in [2.05, 4.69) is 49.3 Å². The van der Waals surface area contributed by atoms with E-state index in [4.69, 9.17) is 4.74 Å². The Morgan fingerprint density at radius 2 is 2.17 bits per heavy atom. The predicted octanol–water partition coefficient (Wildman–Crippen LogP) is 1.79. The molecule has 8 heteroatoms. The molecule has 2 aliphatic rings. The van der Waals surface area contributed by atoms with Crippen LogP contribution in [-0.4, -0.2) is 63.5 Å². The third-order valence-corrected chi connectivity index (χ3v) is 4.85. The second kappa shape index (κ2) is 8.61. The first-order valence-electron chi connectivity index (χ1n) is 9.59. The van der Waals surface area contributed by atoms with Crippen LogP contribution >= 0.6 is 0 Å². The van der Waals surface area contributed by atoms with Crippen LogP contribution in [0.4, 0.5) is 5.82 Å². The molecule has 0 bridgehead atoms. The lowest BCUT2D eigenvalue weighted by Crippen LogP contribution is -2.48. The van der Waals surface area contributed by atoms with E-state index in [1.807, 2.05) is 12.2 Å². The topological polar surface area (TPSA) is 87.2 Å². The number of anilines is 1. The standard InChI is InChI=1S/C21H22N6O2/c1-2-18(28)26-10-12-27(13-11-26)21-19-20(22-15-23-21)25-17(24-19)9-6-14-29-16-7-4-3-5-8-16/h2-4,7,15H,1,5,8,10-14H2,(H,22,23,24,25). The van der Waals surface area contributed by atoms with Gasteiger partial charge in [0.2, 0.25) is 5.91 Å². The number of nitrogens with one attached hydrogen (secondary N) is 1. The van der Waals surface area contributed by atoms with Gasteiger partial charge in [-0.05, 0) is 24.5 Å². The Morgan fingerprint density at radius 3 is 2.93 bits per heavy atom. The highest BCUT2D eigenvalue weighted by Gasteiger charge is 2.22. The summed E-state index contributed by atoms with van der Waals surface area (Å²) in [4.78, 5) is 32.0. The van der Waals surface area contributed by atoms with Crippen molar-refractivity contribution in [2.45, 2.75) is 12.8 Å². The lowest BCUT2D eigenvalue weighted by atomic mass is 10.2. The number of carbonyl (C=O) groups excluding carboxylic acids is 1. The summed E-state index contributed by atoms with van der Waals surface area (Å²) in [5.41, 5.74) is 1.33. The highest BCUT2D eigenvalue weighted by molar-refractivity contribution is 5.87. The van der Waals surface area contributed by atoms with Gasteiger partial charge >= 0.3 is 0 Å². The van der Waals surface area contributed by atoms with E-state index in [0.717, 1.165) is 29.9 Å². The number of H-pyrrole nitrogens is 1. The van der Waals surface area contributed by atoms with Gasteiger partial charge in [0.15, 0.2) is 17.3 Å². The van der Waals surface area contributed by atoms with Gasteiger partial charge in [0.05, 0.1) is 5.76 Å². The molecule has 1 amide bonds. The fraction of sp³-hybridized carbons (Fsp3) is 0.333. The van der Waals surface area contributed by atoms with Crippen LogP contribution in [0.2, 0.25) is 0 Å². The van der Waals surface area contributed by atoms with Crippen LogP contribution in [0.1, 0.15) is 18.7 Å². The van der Waals surface area contributed by atoms with E-state index in [9.17, 15) is 4.79 Å². The number of aromatic amines is 1. The van der Waals surface area contributed by atoms with Crippen LogP contribution in [0.25, 0.3) is 11.2 Å². The van der Waals surface area contributed by atoms with Crippen LogP contribution in [0.5, 0.6) is 0 Å². The first-order valence-corrected chi connectivity index (χ1v) is 9.59. The van der Waals surface area contributed by atoms with Gasteiger partial charge in [-0.25, -0.2) is 15.0 Å². The van der Waals surface area contributed by atoms with E-state index >= 15 is 0 Å². The number of hydrogen-bond acceptors (Lipinski definition) is 6. The van der Waals surface area contributed by atoms with E-state index in [1.54, 1.807) is 4.90 Å². The monoisotopic (exact) mass is 390 g/mol. The minimum Gasteiger partial charge on any atom is -0.485 e. The Hall–Kier alpha value is -3.60. The van der Waals surface area contributed by atoms with Crippen LogP contribution in [0, 0.1) is 11.8 Å². The van der Waals surface area contributed by atoms with Crippen molar-refractivity contribution < 1.29 is 9.53 Å². The molecule has 8 nitrogen and oxygen atoms in total. The maximum atomic E-state index is 11.8. The minimum atomic E-state index is -0.0428. The maximum Gasteiger partial charge on any atom is 0.246 e. The minimum absolute atomic E-state index is 0.0428. The van der Waals surface area contributed by atoms with Crippen LogP contribution in [0.3, 0.4) is 0 Å². The molecule has 0 saturated carbocycles. The zero-order valence-corrected chi connectivity index (χ0v) is 16.1. The van der Waals surface area contributed by atoms with Crippen molar-refractivity contribution in [3.63, 3.8) is 0 Å². The summed E-state index contributed by atoms with van der Waals surface area (Å²) in [5, 5.41) is 0. The highest BCUT2D eigenvalue weighted by Crippen LogP contribution is 2.22. The maximum absolute atomic E-state index is 11.8. The van der Waals surface area contributed by atoms with Gasteiger partial charge in [-0.3, -0.25) is 4.79 Å². The number of amides is 1. The molecule has 0 radical (unpaired) electrons. The van der Waals surface area contributed by atoms with Crippen molar-refractivity contribution in [2.75, 3.05) is 37.7 Å². The largest absolute Gasteiger partial charge is 0.485 e. The lowest BCUT2D eigenvalue weighted by Gasteiger charge is -2.34. The number of rotatable bonds is 4. The van der Waals surface area contributed by atoms with Crippen LogP contribution in [-0.2, 0) is 9.53 Å². The number of ether oxygens (including phenoxy) is 1. The zero-order chi connectivity index (χ0) is 20.1. The molecule has 3 heterocycles. The van der Waals surface area contributed by atoms with E-state index < -0.39 is 0 Å². The molecule has 1 fully saturated rings. The van der Waals surface area contributed by atoms with Gasteiger partial charge in [0.1, 0.15) is 18.5 Å². The number of fused-ring (bicyclic) bond motifs is 1. The Kier molecular flexibility index (Phi) is 5.56. The fourth-order valence-corrected chi connectivity index (χ4v) is 3.33. The molecule has 0 atom stereocenters. The van der Waals surface area contributed by atoms with Crippen molar-refractivity contribution in [3.8, 4) is 11.8 Å². The first kappa shape index (κ1) is 18.7. The molecule has 1 aliphatic carbocycles. The Bertz CT molecular complexity index is 1030. The zero-order valence-electron chi connectivity index (χ0n) is 16.1. The number of piperazine rings is 1. The summed E-state index contributed by atoms with van der Waals surface area (Å²) >= 11 is 0. The number of carbonyl (C=O) groups is 1. The van der Waals surface area contributed by atoms with Crippen molar-refractivity contribution in [2.24, 2.45) is 0 Å². The number of hydrogen-bond donors (Lipinski definition) is 1. The molecule has 29 heavy (non-hydrogen) atoms. The summed E-state index contributed by atoms with van der Waals surface area (Å²) in [6.45, 7) is 6.48. The molecular formula is C21H22N6O2. The van der Waals surface area contributed by atoms with Gasteiger partial charge in [-0.1, -0.05) is 24.7 Å². The van der Waals surface area contributed by atoms with Crippen molar-refractivity contribution in [1.82, 2.24) is 24.8 Å². The number of imidazole rings is 1. The highest BCUT2D eigenvalue weighted by atomic mass is 16.5. The second-order valence-electron chi connectivity index (χ2n) is 6.69. The molecule has 0 unspecified atom stereocenters. The molecule has 4 rings (SSSR count). The number of nitrogens with zero attached hydrogens (tertiary/aromatic N) is 5. The lowest BCUT2D eigenvalue weighted by molar-refractivity contribution is -0.126. The smallest absolute Gasteiger partial charge is 0.246 e. The van der Waals surface area contributed by atoms with Crippen molar-refractivity contribution in [1.29, 1.82) is 0 Å². The molecule has 1 N–H and O–H groups in total. The van der Waals surface area contributed by atoms with E-state index in [1.165, 1.54) is 12.4 Å². The SMILES string of the molecule is C=CC(=O)N1CCN(c2ncnc3nc(C#CCOC4=CC=CCC4)[nH]c23)CC1. The van der Waals surface area contributed by atoms with E-state index in [0.29, 0.717) is 44.3 Å². The summed E-state index contributed by atoms with van der Waals surface area (Å²) in [6.07, 6.45) is 10.8. The van der Waals surface area contributed by atoms with E-state index in [-0.39, 0.29) is 5.91 Å². The second-order valence-corrected chi connectivity index (χ2v) is 6.69. The normalized spacial score (nSPS) is 16.2. The first-order chi connectivity index (χ1) is 14.2. The molecular weight excluding hydrogens is 368 g/mol. The van der Waals surface area contributed by atoms with Gasteiger partial charge in [-0.2, -0.15) is 0 Å².